The lowest BCUT2D eigenvalue weighted by molar-refractivity contribution is 1.29. The monoisotopic (exact) mass is 703 g/mol. The number of fused-ring (bicyclic) bond motifs is 9. The largest absolute Gasteiger partial charge is 0.310 e. The summed E-state index contributed by atoms with van der Waals surface area (Å²) in [5.74, 6) is 0. The molecule has 0 radical (unpaired) electrons. The summed E-state index contributed by atoms with van der Waals surface area (Å²) in [6.07, 6.45) is 0. The predicted octanol–water partition coefficient (Wildman–Crippen LogP) is 15.5. The van der Waals surface area contributed by atoms with Crippen LogP contribution in [0.15, 0.2) is 200 Å². The van der Waals surface area contributed by atoms with Gasteiger partial charge in [-0.05, 0) is 126 Å². The minimum Gasteiger partial charge on any atom is -0.310 e. The molecule has 0 N–H and O–H groups in total. The number of hydrogen-bond donors (Lipinski definition) is 0. The third-order valence-electron chi connectivity index (χ3n) is 11.0. The highest BCUT2D eigenvalue weighted by Crippen LogP contribution is 2.42. The summed E-state index contributed by atoms with van der Waals surface area (Å²) in [7, 11) is 0. The molecule has 1 aromatic heterocycles. The lowest BCUT2D eigenvalue weighted by Crippen LogP contribution is -2.10. The van der Waals surface area contributed by atoms with Gasteiger partial charge in [-0.3, -0.25) is 0 Å². The lowest BCUT2D eigenvalue weighted by atomic mass is 9.94. The first kappa shape index (κ1) is 30.8. The maximum Gasteiger partial charge on any atom is 0.0468 e. The minimum absolute atomic E-state index is 1.12. The van der Waals surface area contributed by atoms with E-state index in [1.807, 2.05) is 11.3 Å². The number of hydrogen-bond acceptors (Lipinski definition) is 2. The molecular weight excluding hydrogens is 671 g/mol. The van der Waals surface area contributed by atoms with Gasteiger partial charge in [0.2, 0.25) is 0 Å². The molecule has 0 saturated carbocycles. The van der Waals surface area contributed by atoms with E-state index in [-0.39, 0.29) is 0 Å². The van der Waals surface area contributed by atoms with Crippen LogP contribution in [-0.2, 0) is 0 Å². The molecule has 0 spiro atoms. The van der Waals surface area contributed by atoms with Crippen molar-refractivity contribution in [2.24, 2.45) is 0 Å². The molecule has 1 nitrogen and oxygen atoms in total. The van der Waals surface area contributed by atoms with E-state index in [4.69, 9.17) is 0 Å². The van der Waals surface area contributed by atoms with Gasteiger partial charge < -0.3 is 4.90 Å². The average Bonchev–Trinajstić information content (AvgIpc) is 3.60. The van der Waals surface area contributed by atoms with E-state index in [2.05, 4.69) is 205 Å². The third-order valence-corrected chi connectivity index (χ3v) is 12.1. The van der Waals surface area contributed by atoms with E-state index in [1.165, 1.54) is 85.5 Å². The summed E-state index contributed by atoms with van der Waals surface area (Å²) in [6, 6.07) is 73.5. The fourth-order valence-electron chi connectivity index (χ4n) is 8.32. The first-order chi connectivity index (χ1) is 26.7. The molecule has 0 fully saturated rings. The zero-order valence-corrected chi connectivity index (χ0v) is 30.2. The quantitative estimate of drug-likeness (QED) is 0.161. The number of thiophene rings is 1. The average molecular weight is 704 g/mol. The Morgan fingerprint density at radius 3 is 1.80 bits per heavy atom. The van der Waals surface area contributed by atoms with E-state index in [1.54, 1.807) is 0 Å². The summed E-state index contributed by atoms with van der Waals surface area (Å²) in [5.41, 5.74) is 8.18. The first-order valence-corrected chi connectivity index (χ1v) is 19.3. The van der Waals surface area contributed by atoms with Crippen LogP contribution in [0, 0.1) is 0 Å². The van der Waals surface area contributed by atoms with Gasteiger partial charge >= 0.3 is 0 Å². The van der Waals surface area contributed by atoms with Crippen molar-refractivity contribution in [3.05, 3.63) is 200 Å². The van der Waals surface area contributed by atoms with Crippen LogP contribution in [0.4, 0.5) is 17.1 Å². The van der Waals surface area contributed by atoms with Gasteiger partial charge in [-0.15, -0.1) is 11.3 Å². The Morgan fingerprint density at radius 1 is 0.278 bits per heavy atom. The van der Waals surface area contributed by atoms with Crippen LogP contribution < -0.4 is 4.90 Å². The van der Waals surface area contributed by atoms with Crippen molar-refractivity contribution in [1.29, 1.82) is 0 Å². The molecule has 0 aliphatic rings. The number of anilines is 3. The molecule has 0 atom stereocenters. The molecule has 0 saturated heterocycles. The Bertz CT molecular complexity index is 3210. The van der Waals surface area contributed by atoms with E-state index in [0.29, 0.717) is 0 Å². The predicted molar refractivity (Wildman–Crippen MR) is 235 cm³/mol. The second kappa shape index (κ2) is 12.4. The molecule has 2 heteroatoms. The zero-order valence-electron chi connectivity index (χ0n) is 29.4. The Labute approximate surface area is 317 Å². The fourth-order valence-corrected chi connectivity index (χ4v) is 9.45. The number of rotatable bonds is 5. The molecule has 0 aliphatic carbocycles. The van der Waals surface area contributed by atoms with Gasteiger partial charge in [0.1, 0.15) is 0 Å². The van der Waals surface area contributed by atoms with Crippen molar-refractivity contribution in [2.45, 2.75) is 0 Å². The second-order valence-corrected chi connectivity index (χ2v) is 15.2. The van der Waals surface area contributed by atoms with Crippen LogP contribution in [0.5, 0.6) is 0 Å². The maximum absolute atomic E-state index is 2.39. The maximum atomic E-state index is 2.39. The summed E-state index contributed by atoms with van der Waals surface area (Å²) >= 11 is 1.87. The molecule has 10 aromatic carbocycles. The summed E-state index contributed by atoms with van der Waals surface area (Å²) < 4.78 is 2.65. The standard InChI is InChI=1S/C52H33NS/c1-2-9-34(10-3-1)38-12-8-13-44(30-38)53(45-27-23-40-32-49-48-15-6-7-16-50(48)54-51(49)33-42(40)31-45)43-25-21-35(22-26-43)39-24-28-47-41(29-39)20-19-37-18-17-36-11-4-5-14-46(36)52(37)47/h1-33H. The normalized spacial score (nSPS) is 11.7. The number of nitrogens with zero attached hydrogens (tertiary/aromatic N) is 1. The molecule has 0 unspecified atom stereocenters. The second-order valence-electron chi connectivity index (χ2n) is 14.2. The van der Waals surface area contributed by atoms with Crippen molar-refractivity contribution in [2.75, 3.05) is 4.90 Å². The van der Waals surface area contributed by atoms with Crippen LogP contribution in [0.25, 0.3) is 85.5 Å². The molecule has 1 heterocycles. The molecule has 0 aliphatic heterocycles. The van der Waals surface area contributed by atoms with Crippen LogP contribution in [0.3, 0.4) is 0 Å². The third kappa shape index (κ3) is 5.15. The first-order valence-electron chi connectivity index (χ1n) is 18.5. The van der Waals surface area contributed by atoms with Crippen LogP contribution in [0.2, 0.25) is 0 Å². The van der Waals surface area contributed by atoms with Gasteiger partial charge in [0.05, 0.1) is 0 Å². The van der Waals surface area contributed by atoms with Crippen molar-refractivity contribution >= 4 is 91.7 Å². The molecule has 11 rings (SSSR count). The lowest BCUT2D eigenvalue weighted by Gasteiger charge is -2.26. The van der Waals surface area contributed by atoms with Gasteiger partial charge in [0.15, 0.2) is 0 Å². The van der Waals surface area contributed by atoms with E-state index < -0.39 is 0 Å². The van der Waals surface area contributed by atoms with Crippen LogP contribution in [0.1, 0.15) is 0 Å². The van der Waals surface area contributed by atoms with Gasteiger partial charge in [-0.25, -0.2) is 0 Å². The molecule has 0 bridgehead atoms. The van der Waals surface area contributed by atoms with E-state index in [0.717, 1.165) is 17.1 Å². The molecular formula is C52H33NS. The Morgan fingerprint density at radius 2 is 0.907 bits per heavy atom. The fraction of sp³-hybridized carbons (Fsp3) is 0. The highest BCUT2D eigenvalue weighted by atomic mass is 32.1. The van der Waals surface area contributed by atoms with Gasteiger partial charge in [-0.1, -0.05) is 140 Å². The highest BCUT2D eigenvalue weighted by Gasteiger charge is 2.16. The Kier molecular flexibility index (Phi) is 7.11. The van der Waals surface area contributed by atoms with E-state index in [9.17, 15) is 0 Å². The number of benzene rings is 10. The van der Waals surface area contributed by atoms with Crippen LogP contribution in [-0.4, -0.2) is 0 Å². The van der Waals surface area contributed by atoms with Gasteiger partial charge in [-0.2, -0.15) is 0 Å². The topological polar surface area (TPSA) is 3.24 Å². The van der Waals surface area contributed by atoms with Crippen molar-refractivity contribution in [1.82, 2.24) is 0 Å². The minimum atomic E-state index is 1.12. The molecule has 11 aromatic rings. The van der Waals surface area contributed by atoms with Gasteiger partial charge in [0, 0.05) is 37.2 Å². The zero-order chi connectivity index (χ0) is 35.6. The Balaban J connectivity index is 1.02. The highest BCUT2D eigenvalue weighted by molar-refractivity contribution is 7.25. The molecule has 0 amide bonds. The van der Waals surface area contributed by atoms with Crippen molar-refractivity contribution in [3.8, 4) is 22.3 Å². The van der Waals surface area contributed by atoms with Crippen LogP contribution >= 0.6 is 11.3 Å². The van der Waals surface area contributed by atoms with Crippen molar-refractivity contribution in [3.63, 3.8) is 0 Å². The SMILES string of the molecule is c1ccc(-c2cccc(N(c3ccc(-c4ccc5c(ccc6ccc7ccccc7c65)c4)cc3)c3ccc4cc5c(cc4c3)sc3ccccc35)c2)cc1. The summed E-state index contributed by atoms with van der Waals surface area (Å²) in [6.45, 7) is 0. The van der Waals surface area contributed by atoms with Gasteiger partial charge in [0.25, 0.3) is 0 Å². The molecule has 54 heavy (non-hydrogen) atoms. The smallest absolute Gasteiger partial charge is 0.0468 e. The van der Waals surface area contributed by atoms with E-state index >= 15 is 0 Å². The summed E-state index contributed by atoms with van der Waals surface area (Å²) in [4.78, 5) is 2.39. The Hall–Kier alpha value is -6.74. The van der Waals surface area contributed by atoms with Crippen molar-refractivity contribution < 1.29 is 0 Å². The molecule has 252 valence electrons. The summed E-state index contributed by atoms with van der Waals surface area (Å²) in [5, 5.41) is 12.9.